The van der Waals surface area contributed by atoms with E-state index in [0.717, 1.165) is 4.47 Å². The molecule has 0 saturated carbocycles. The summed E-state index contributed by atoms with van der Waals surface area (Å²) in [5, 5.41) is 3.48. The first-order chi connectivity index (χ1) is 17.0. The summed E-state index contributed by atoms with van der Waals surface area (Å²) in [5.41, 5.74) is 1.61. The fourth-order valence-electron chi connectivity index (χ4n) is 4.22. The van der Waals surface area contributed by atoms with E-state index in [9.17, 15) is 9.59 Å². The first-order valence-corrected chi connectivity index (χ1v) is 12.3. The minimum Gasteiger partial charge on any atom is -0.495 e. The van der Waals surface area contributed by atoms with Gasteiger partial charge in [0.1, 0.15) is 11.6 Å². The normalized spacial score (nSPS) is 11.8. The van der Waals surface area contributed by atoms with Gasteiger partial charge in [-0.25, -0.2) is 9.78 Å². The maximum atomic E-state index is 13.8. The van der Waals surface area contributed by atoms with Gasteiger partial charge >= 0.3 is 6.03 Å². The van der Waals surface area contributed by atoms with Gasteiger partial charge in [0.2, 0.25) is 0 Å². The first kappa shape index (κ1) is 24.5. The van der Waals surface area contributed by atoms with Crippen molar-refractivity contribution in [2.24, 2.45) is 0 Å². The Morgan fingerprint density at radius 2 is 1.74 bits per heavy atom. The monoisotopic (exact) mass is 534 g/mol. The molecular weight excluding hydrogens is 508 g/mol. The van der Waals surface area contributed by atoms with Crippen molar-refractivity contribution < 1.29 is 9.53 Å². The van der Waals surface area contributed by atoms with Crippen LogP contribution in [0.1, 0.15) is 32.1 Å². The number of ether oxygens (including phenoxy) is 1. The van der Waals surface area contributed by atoms with Crippen molar-refractivity contribution in [1.29, 1.82) is 0 Å². The average Bonchev–Trinajstić information content (AvgIpc) is 2.88. The van der Waals surface area contributed by atoms with Crippen molar-refractivity contribution in [3.63, 3.8) is 0 Å². The number of para-hydroxylation sites is 4. The molecule has 1 N–H and O–H groups in total. The van der Waals surface area contributed by atoms with Crippen LogP contribution in [0.4, 0.5) is 10.5 Å². The zero-order valence-corrected chi connectivity index (χ0v) is 21.5. The number of carbonyl (C=O) groups is 1. The maximum absolute atomic E-state index is 13.8. The Morgan fingerprint density at radius 1 is 1.06 bits per heavy atom. The lowest BCUT2D eigenvalue weighted by Crippen LogP contribution is -2.40. The van der Waals surface area contributed by atoms with Crippen molar-refractivity contribution in [2.75, 3.05) is 19.0 Å². The van der Waals surface area contributed by atoms with Gasteiger partial charge in [-0.2, -0.15) is 0 Å². The van der Waals surface area contributed by atoms with Crippen LogP contribution in [-0.2, 0) is 0 Å². The number of hydrogen-bond acceptors (Lipinski definition) is 4. The molecule has 0 radical (unpaired) electrons. The van der Waals surface area contributed by atoms with Gasteiger partial charge in [-0.05, 0) is 65.7 Å². The minimum absolute atomic E-state index is 0.212. The molecule has 0 aliphatic heterocycles. The number of aromatic nitrogens is 2. The second kappa shape index (κ2) is 10.7. The van der Waals surface area contributed by atoms with Gasteiger partial charge in [-0.1, -0.05) is 43.3 Å². The summed E-state index contributed by atoms with van der Waals surface area (Å²) < 4.78 is 7.93. The quantitative estimate of drug-likeness (QED) is 0.308. The number of anilines is 1. The topological polar surface area (TPSA) is 76.5 Å². The number of amides is 2. The van der Waals surface area contributed by atoms with Gasteiger partial charge in [0, 0.05) is 11.0 Å². The lowest BCUT2D eigenvalue weighted by atomic mass is 10.1. The summed E-state index contributed by atoms with van der Waals surface area (Å²) in [4.78, 5) is 33.8. The molecule has 0 spiro atoms. The third kappa shape index (κ3) is 4.79. The summed E-state index contributed by atoms with van der Waals surface area (Å²) in [6, 6.07) is 21.3. The number of fused-ring (bicyclic) bond motifs is 1. The van der Waals surface area contributed by atoms with Crippen molar-refractivity contribution in [2.45, 2.75) is 26.3 Å². The number of nitrogens with zero attached hydrogens (tertiary/aromatic N) is 3. The van der Waals surface area contributed by atoms with Crippen molar-refractivity contribution in [3.8, 4) is 11.4 Å². The molecule has 0 fully saturated rings. The Bertz CT molecular complexity index is 1420. The molecular formula is C27H27BrN4O3. The number of halogens is 1. The van der Waals surface area contributed by atoms with Gasteiger partial charge in [-0.15, -0.1) is 0 Å². The van der Waals surface area contributed by atoms with Crippen LogP contribution in [-0.4, -0.2) is 34.1 Å². The zero-order valence-electron chi connectivity index (χ0n) is 19.9. The molecule has 1 unspecified atom stereocenters. The highest BCUT2D eigenvalue weighted by atomic mass is 79.9. The molecule has 1 heterocycles. The van der Waals surface area contributed by atoms with E-state index in [4.69, 9.17) is 9.72 Å². The molecule has 180 valence electrons. The SMILES string of the molecule is CCC(c1nc2ccccc2c(=O)n1-c1ccccc1OC)N(CC)C(=O)Nc1ccccc1Br. The number of methoxy groups -OCH3 is 1. The number of urea groups is 1. The Balaban J connectivity index is 1.89. The van der Waals surface area contributed by atoms with Crippen molar-refractivity contribution in [1.82, 2.24) is 14.5 Å². The van der Waals surface area contributed by atoms with Crippen LogP contribution in [0.25, 0.3) is 16.6 Å². The number of carbonyl (C=O) groups excluding carboxylic acids is 1. The van der Waals surface area contributed by atoms with Gasteiger partial charge < -0.3 is 15.0 Å². The number of nitrogens with one attached hydrogen (secondary N) is 1. The smallest absolute Gasteiger partial charge is 0.322 e. The van der Waals surface area contributed by atoms with Gasteiger partial charge in [0.15, 0.2) is 0 Å². The largest absolute Gasteiger partial charge is 0.495 e. The second-order valence-electron chi connectivity index (χ2n) is 7.92. The lowest BCUT2D eigenvalue weighted by Gasteiger charge is -2.31. The fraction of sp³-hybridized carbons (Fsp3) is 0.222. The lowest BCUT2D eigenvalue weighted by molar-refractivity contribution is 0.185. The summed E-state index contributed by atoms with van der Waals surface area (Å²) in [7, 11) is 1.57. The van der Waals surface area contributed by atoms with Crippen LogP contribution in [0.3, 0.4) is 0 Å². The Kier molecular flexibility index (Phi) is 7.51. The van der Waals surface area contributed by atoms with Crippen molar-refractivity contribution >= 4 is 38.6 Å². The van der Waals surface area contributed by atoms with E-state index in [-0.39, 0.29) is 11.6 Å². The molecule has 0 saturated heterocycles. The number of hydrogen-bond donors (Lipinski definition) is 1. The van der Waals surface area contributed by atoms with Crippen LogP contribution in [0.5, 0.6) is 5.75 Å². The van der Waals surface area contributed by atoms with E-state index in [1.165, 1.54) is 0 Å². The highest BCUT2D eigenvalue weighted by Gasteiger charge is 2.29. The van der Waals surface area contributed by atoms with Gasteiger partial charge in [0.25, 0.3) is 5.56 Å². The van der Waals surface area contributed by atoms with Crippen LogP contribution in [0, 0.1) is 0 Å². The van der Waals surface area contributed by atoms with Crippen LogP contribution < -0.4 is 15.6 Å². The van der Waals surface area contributed by atoms with E-state index in [2.05, 4.69) is 21.2 Å². The third-order valence-corrected chi connectivity index (χ3v) is 6.60. The Labute approximate surface area is 212 Å². The van der Waals surface area contributed by atoms with Crippen LogP contribution >= 0.6 is 15.9 Å². The van der Waals surface area contributed by atoms with E-state index >= 15 is 0 Å². The highest BCUT2D eigenvalue weighted by Crippen LogP contribution is 2.30. The van der Waals surface area contributed by atoms with Gasteiger partial charge in [-0.3, -0.25) is 9.36 Å². The van der Waals surface area contributed by atoms with Crippen LogP contribution in [0.15, 0.2) is 82.1 Å². The number of rotatable bonds is 7. The molecule has 0 aliphatic carbocycles. The summed E-state index contributed by atoms with van der Waals surface area (Å²) in [5.74, 6) is 1.02. The molecule has 1 aromatic heterocycles. The molecule has 3 aromatic carbocycles. The molecule has 0 bridgehead atoms. The van der Waals surface area contributed by atoms with E-state index in [0.29, 0.717) is 46.8 Å². The molecule has 0 aliphatic rings. The first-order valence-electron chi connectivity index (χ1n) is 11.5. The average molecular weight is 535 g/mol. The predicted molar refractivity (Wildman–Crippen MR) is 142 cm³/mol. The summed E-state index contributed by atoms with van der Waals surface area (Å²) in [6.07, 6.45) is 0.553. The second-order valence-corrected chi connectivity index (χ2v) is 8.77. The molecule has 7 nitrogen and oxygen atoms in total. The highest BCUT2D eigenvalue weighted by molar-refractivity contribution is 9.10. The van der Waals surface area contributed by atoms with Gasteiger partial charge in [0.05, 0.1) is 35.4 Å². The van der Waals surface area contributed by atoms with Crippen LogP contribution in [0.2, 0.25) is 0 Å². The summed E-state index contributed by atoms with van der Waals surface area (Å²) in [6.45, 7) is 4.31. The summed E-state index contributed by atoms with van der Waals surface area (Å²) >= 11 is 3.48. The molecule has 4 aromatic rings. The van der Waals surface area contributed by atoms with Crippen molar-refractivity contribution in [3.05, 3.63) is 93.4 Å². The molecule has 1 atom stereocenters. The standard InChI is InChI=1S/C27H27BrN4O3/c1-4-22(31(5-2)27(34)30-21-15-9-7-13-19(21)28)25-29-20-14-8-6-12-18(20)26(33)32(25)23-16-10-11-17-24(23)35-3/h6-17,22H,4-5H2,1-3H3,(H,30,34). The van der Waals surface area contributed by atoms with E-state index in [1.807, 2.05) is 74.5 Å². The van der Waals surface area contributed by atoms with E-state index in [1.54, 1.807) is 28.7 Å². The third-order valence-electron chi connectivity index (χ3n) is 5.91. The Hall–Kier alpha value is -3.65. The predicted octanol–water partition coefficient (Wildman–Crippen LogP) is 6.16. The number of benzene rings is 3. The fourth-order valence-corrected chi connectivity index (χ4v) is 4.60. The molecule has 2 amide bonds. The van der Waals surface area contributed by atoms with E-state index < -0.39 is 6.04 Å². The zero-order chi connectivity index (χ0) is 24.9. The molecule has 4 rings (SSSR count). The molecule has 35 heavy (non-hydrogen) atoms. The maximum Gasteiger partial charge on any atom is 0.322 e. The molecule has 8 heteroatoms. The Morgan fingerprint density at radius 3 is 2.46 bits per heavy atom. The minimum atomic E-state index is -0.468.